The molecule has 1 amide bonds. The number of hydrogen-bond acceptors (Lipinski definition) is 5. The molecule has 94 valence electrons. The summed E-state index contributed by atoms with van der Waals surface area (Å²) in [6.07, 6.45) is 1.26. The number of rotatable bonds is 4. The smallest absolute Gasteiger partial charge is 0.292 e. The molecule has 2 N–H and O–H groups in total. The Hall–Kier alpha value is -2.57. The van der Waals surface area contributed by atoms with Gasteiger partial charge in [0.15, 0.2) is 0 Å². The number of nitrogens with zero attached hydrogens (tertiary/aromatic N) is 2. The second-order valence-corrected chi connectivity index (χ2v) is 3.39. The minimum absolute atomic E-state index is 0.136. The summed E-state index contributed by atoms with van der Waals surface area (Å²) in [5.41, 5.74) is 0.549. The van der Waals surface area contributed by atoms with Crippen LogP contribution in [0.3, 0.4) is 0 Å². The van der Waals surface area contributed by atoms with Crippen LogP contribution in [0.15, 0.2) is 24.5 Å². The van der Waals surface area contributed by atoms with Crippen LogP contribution in [0, 0.1) is 0 Å². The number of aromatic nitrogens is 3. The van der Waals surface area contributed by atoms with Crippen LogP contribution in [-0.4, -0.2) is 35.3 Å². The van der Waals surface area contributed by atoms with Gasteiger partial charge in [-0.2, -0.15) is 5.10 Å². The van der Waals surface area contributed by atoms with E-state index in [4.69, 9.17) is 9.47 Å². The maximum Gasteiger partial charge on any atom is 0.292 e. The highest BCUT2D eigenvalue weighted by atomic mass is 16.5. The van der Waals surface area contributed by atoms with Gasteiger partial charge < -0.3 is 14.8 Å². The minimum Gasteiger partial charge on any atom is -0.497 e. The highest BCUT2D eigenvalue weighted by molar-refractivity contribution is 6.01. The number of carbonyl (C=O) groups excluding carboxylic acids is 1. The van der Waals surface area contributed by atoms with Crippen molar-refractivity contribution in [2.45, 2.75) is 0 Å². The maximum absolute atomic E-state index is 11.7. The lowest BCUT2D eigenvalue weighted by Crippen LogP contribution is -2.13. The molecule has 1 aromatic heterocycles. The first-order valence-corrected chi connectivity index (χ1v) is 5.12. The number of ether oxygens (including phenoxy) is 2. The van der Waals surface area contributed by atoms with Crippen molar-refractivity contribution in [3.63, 3.8) is 0 Å². The predicted octanol–water partition coefficient (Wildman–Crippen LogP) is 1.07. The third kappa shape index (κ3) is 2.57. The number of hydrogen-bond donors (Lipinski definition) is 2. The second kappa shape index (κ2) is 5.17. The molecule has 0 bridgehead atoms. The van der Waals surface area contributed by atoms with Crippen molar-refractivity contribution in [3.05, 3.63) is 30.4 Å². The van der Waals surface area contributed by atoms with Gasteiger partial charge in [-0.3, -0.25) is 9.89 Å². The third-order valence-electron chi connectivity index (χ3n) is 2.24. The molecule has 0 aliphatic carbocycles. The van der Waals surface area contributed by atoms with Gasteiger partial charge in [-0.15, -0.1) is 0 Å². The summed E-state index contributed by atoms with van der Waals surface area (Å²) >= 11 is 0. The zero-order chi connectivity index (χ0) is 13.0. The van der Waals surface area contributed by atoms with Gasteiger partial charge in [0, 0.05) is 23.9 Å². The van der Waals surface area contributed by atoms with E-state index in [-0.39, 0.29) is 11.7 Å². The van der Waals surface area contributed by atoms with Crippen LogP contribution in [0.25, 0.3) is 0 Å². The average molecular weight is 248 g/mol. The molecule has 0 atom stereocenters. The average Bonchev–Trinajstić information content (AvgIpc) is 2.92. The van der Waals surface area contributed by atoms with Gasteiger partial charge in [-0.1, -0.05) is 0 Å². The summed E-state index contributed by atoms with van der Waals surface area (Å²) in [6.45, 7) is 0. The summed E-state index contributed by atoms with van der Waals surface area (Å²) in [6, 6.07) is 5.07. The molecule has 18 heavy (non-hydrogen) atoms. The van der Waals surface area contributed by atoms with Gasteiger partial charge in [0.25, 0.3) is 5.91 Å². The fourth-order valence-electron chi connectivity index (χ4n) is 1.38. The number of methoxy groups -OCH3 is 2. The van der Waals surface area contributed by atoms with Crippen molar-refractivity contribution < 1.29 is 14.3 Å². The first-order valence-electron chi connectivity index (χ1n) is 5.12. The molecule has 0 spiro atoms. The van der Waals surface area contributed by atoms with Gasteiger partial charge in [-0.05, 0) is 0 Å². The van der Waals surface area contributed by atoms with Crippen molar-refractivity contribution >= 4 is 11.6 Å². The zero-order valence-corrected chi connectivity index (χ0v) is 9.93. The monoisotopic (exact) mass is 248 g/mol. The molecule has 2 rings (SSSR count). The highest BCUT2D eigenvalue weighted by Crippen LogP contribution is 2.25. The molecule has 0 aliphatic rings. The molecular formula is C11H12N4O3. The van der Waals surface area contributed by atoms with E-state index < -0.39 is 0 Å². The number of H-pyrrole nitrogens is 1. The number of nitrogens with one attached hydrogen (secondary N) is 2. The highest BCUT2D eigenvalue weighted by Gasteiger charge is 2.10. The van der Waals surface area contributed by atoms with E-state index in [0.717, 1.165) is 0 Å². The Bertz CT molecular complexity index is 517. The van der Waals surface area contributed by atoms with Crippen LogP contribution in [-0.2, 0) is 0 Å². The molecular weight excluding hydrogens is 236 g/mol. The molecule has 0 radical (unpaired) electrons. The van der Waals surface area contributed by atoms with Gasteiger partial charge in [0.2, 0.25) is 5.82 Å². The van der Waals surface area contributed by atoms with Gasteiger partial charge in [0.1, 0.15) is 17.8 Å². The second-order valence-electron chi connectivity index (χ2n) is 3.39. The van der Waals surface area contributed by atoms with Crippen LogP contribution < -0.4 is 14.8 Å². The standard InChI is InChI=1S/C11H12N4O3/c1-17-8-3-7(4-9(5-8)18-2)14-11(16)10-12-6-13-15-10/h3-6H,1-2H3,(H,14,16)(H,12,13,15). The lowest BCUT2D eigenvalue weighted by atomic mass is 10.2. The van der Waals surface area contributed by atoms with E-state index in [1.54, 1.807) is 18.2 Å². The molecule has 0 saturated carbocycles. The lowest BCUT2D eigenvalue weighted by molar-refractivity contribution is 0.101. The Morgan fingerprint density at radius 2 is 1.89 bits per heavy atom. The van der Waals surface area contributed by atoms with Crippen LogP contribution in [0.1, 0.15) is 10.6 Å². The van der Waals surface area contributed by atoms with E-state index in [0.29, 0.717) is 17.2 Å². The Kier molecular flexibility index (Phi) is 3.42. The van der Waals surface area contributed by atoms with Crippen LogP contribution in [0.5, 0.6) is 11.5 Å². The maximum atomic E-state index is 11.7. The van der Waals surface area contributed by atoms with Crippen LogP contribution in [0.2, 0.25) is 0 Å². The Morgan fingerprint density at radius 1 is 1.22 bits per heavy atom. The fraction of sp³-hybridized carbons (Fsp3) is 0.182. The number of carbonyl (C=O) groups is 1. The zero-order valence-electron chi connectivity index (χ0n) is 9.93. The number of benzene rings is 1. The molecule has 0 unspecified atom stereocenters. The van der Waals surface area contributed by atoms with E-state index in [9.17, 15) is 4.79 Å². The summed E-state index contributed by atoms with van der Waals surface area (Å²) in [7, 11) is 3.08. The quantitative estimate of drug-likeness (QED) is 0.844. The van der Waals surface area contributed by atoms with Crippen LogP contribution >= 0.6 is 0 Å². The summed E-state index contributed by atoms with van der Waals surface area (Å²) in [5, 5.41) is 8.75. The minimum atomic E-state index is -0.386. The van der Waals surface area contributed by atoms with Crippen molar-refractivity contribution in [1.29, 1.82) is 0 Å². The van der Waals surface area contributed by atoms with Gasteiger partial charge in [0.05, 0.1) is 14.2 Å². The summed E-state index contributed by atoms with van der Waals surface area (Å²) in [4.78, 5) is 15.5. The molecule has 7 nitrogen and oxygen atoms in total. The Morgan fingerprint density at radius 3 is 2.39 bits per heavy atom. The number of aromatic amines is 1. The molecule has 1 aromatic carbocycles. The fourth-order valence-corrected chi connectivity index (χ4v) is 1.38. The molecule has 2 aromatic rings. The van der Waals surface area contributed by atoms with Crippen molar-refractivity contribution in [1.82, 2.24) is 15.2 Å². The Balaban J connectivity index is 2.20. The van der Waals surface area contributed by atoms with Gasteiger partial charge >= 0.3 is 0 Å². The summed E-state index contributed by atoms with van der Waals surface area (Å²) in [5.74, 6) is 0.920. The van der Waals surface area contributed by atoms with Gasteiger partial charge in [-0.25, -0.2) is 4.98 Å². The Labute approximate surface area is 103 Å². The molecule has 0 saturated heterocycles. The van der Waals surface area contributed by atoms with Crippen molar-refractivity contribution in [2.75, 3.05) is 19.5 Å². The lowest BCUT2D eigenvalue weighted by Gasteiger charge is -2.08. The molecule has 0 aliphatic heterocycles. The molecule has 7 heteroatoms. The third-order valence-corrected chi connectivity index (χ3v) is 2.24. The van der Waals surface area contributed by atoms with E-state index >= 15 is 0 Å². The first-order chi connectivity index (χ1) is 8.72. The summed E-state index contributed by atoms with van der Waals surface area (Å²) < 4.78 is 10.2. The van der Waals surface area contributed by atoms with Crippen LogP contribution in [0.4, 0.5) is 5.69 Å². The predicted molar refractivity (Wildman–Crippen MR) is 63.9 cm³/mol. The first kappa shape index (κ1) is 11.9. The molecule has 1 heterocycles. The van der Waals surface area contributed by atoms with Crippen molar-refractivity contribution in [2.24, 2.45) is 0 Å². The van der Waals surface area contributed by atoms with E-state index in [1.165, 1.54) is 20.5 Å². The topological polar surface area (TPSA) is 89.1 Å². The largest absolute Gasteiger partial charge is 0.497 e. The number of amides is 1. The van der Waals surface area contributed by atoms with Crippen molar-refractivity contribution in [3.8, 4) is 11.5 Å². The van der Waals surface area contributed by atoms with E-state index in [2.05, 4.69) is 20.5 Å². The SMILES string of the molecule is COc1cc(NC(=O)c2ncn[nH]2)cc(OC)c1. The normalized spacial score (nSPS) is 9.89. The number of anilines is 1. The van der Waals surface area contributed by atoms with E-state index in [1.807, 2.05) is 0 Å². The molecule has 0 fully saturated rings.